The minimum absolute atomic E-state index is 0.0440. The highest BCUT2D eigenvalue weighted by atomic mass is 16.3. The van der Waals surface area contributed by atoms with E-state index in [1.807, 2.05) is 23.9 Å². The van der Waals surface area contributed by atoms with Gasteiger partial charge in [-0.3, -0.25) is 4.79 Å². The molecule has 2 saturated carbocycles. The molecule has 0 radical (unpaired) electrons. The van der Waals surface area contributed by atoms with Gasteiger partial charge in [-0.05, 0) is 37.7 Å². The van der Waals surface area contributed by atoms with Crippen LogP contribution >= 0.6 is 0 Å². The van der Waals surface area contributed by atoms with Crippen molar-refractivity contribution in [3.8, 4) is 0 Å². The van der Waals surface area contributed by atoms with Crippen molar-refractivity contribution >= 4 is 5.91 Å². The van der Waals surface area contributed by atoms with Gasteiger partial charge in [0.05, 0.1) is 11.7 Å². The lowest BCUT2D eigenvalue weighted by Gasteiger charge is -2.25. The van der Waals surface area contributed by atoms with Crippen LogP contribution in [-0.4, -0.2) is 43.4 Å². The van der Waals surface area contributed by atoms with Crippen LogP contribution in [0.1, 0.15) is 65.8 Å². The lowest BCUT2D eigenvalue weighted by Crippen LogP contribution is -2.33. The van der Waals surface area contributed by atoms with Crippen molar-refractivity contribution in [2.24, 2.45) is 13.0 Å². The van der Waals surface area contributed by atoms with Crippen LogP contribution in [0.15, 0.2) is 18.6 Å². The molecule has 2 fully saturated rings. The van der Waals surface area contributed by atoms with E-state index >= 15 is 0 Å². The summed E-state index contributed by atoms with van der Waals surface area (Å²) >= 11 is 0. The Morgan fingerprint density at radius 3 is 2.92 bits per heavy atom. The average molecular weight is 343 g/mol. The van der Waals surface area contributed by atoms with E-state index in [1.165, 1.54) is 6.42 Å². The van der Waals surface area contributed by atoms with Crippen LogP contribution in [0.5, 0.6) is 0 Å². The van der Waals surface area contributed by atoms with Crippen molar-refractivity contribution in [2.75, 3.05) is 6.54 Å². The Hall–Kier alpha value is -2.15. The Morgan fingerprint density at radius 2 is 2.24 bits per heavy atom. The fraction of sp³-hybridized carbons (Fsp3) is 0.611. The number of H-pyrrole nitrogens is 1. The maximum atomic E-state index is 12.6. The van der Waals surface area contributed by atoms with Crippen LogP contribution in [-0.2, 0) is 7.05 Å². The van der Waals surface area contributed by atoms with E-state index in [0.29, 0.717) is 18.9 Å². The van der Waals surface area contributed by atoms with Crippen molar-refractivity contribution in [3.05, 3.63) is 35.7 Å². The zero-order chi connectivity index (χ0) is 17.4. The maximum absolute atomic E-state index is 12.6. The summed E-state index contributed by atoms with van der Waals surface area (Å²) in [6.07, 6.45) is 8.15. The van der Waals surface area contributed by atoms with Crippen molar-refractivity contribution in [1.82, 2.24) is 25.1 Å². The molecule has 0 spiro atoms. The van der Waals surface area contributed by atoms with Gasteiger partial charge in [0.2, 0.25) is 0 Å². The van der Waals surface area contributed by atoms with Gasteiger partial charge in [0.1, 0.15) is 12.2 Å². The Morgan fingerprint density at radius 1 is 1.40 bits per heavy atom. The Balaban J connectivity index is 1.36. The van der Waals surface area contributed by atoms with Gasteiger partial charge in [0.25, 0.3) is 5.91 Å². The SMILES string of the molecule is Cn1cnnc1[C@H]1C[C@H](CNC(=O)c2cc[nH]c2C2CCC2)[C@H](O)C1. The highest BCUT2D eigenvalue weighted by molar-refractivity contribution is 5.95. The fourth-order valence-corrected chi connectivity index (χ4v) is 4.13. The molecule has 4 rings (SSSR count). The summed E-state index contributed by atoms with van der Waals surface area (Å²) in [4.78, 5) is 15.8. The topological polar surface area (TPSA) is 95.8 Å². The minimum Gasteiger partial charge on any atom is -0.393 e. The lowest BCUT2D eigenvalue weighted by atomic mass is 9.81. The molecule has 3 N–H and O–H groups in total. The molecule has 2 aromatic heterocycles. The predicted octanol–water partition coefficient (Wildman–Crippen LogP) is 1.70. The molecule has 2 aliphatic carbocycles. The number of nitrogens with zero attached hydrogens (tertiary/aromatic N) is 3. The lowest BCUT2D eigenvalue weighted by molar-refractivity contribution is 0.0915. The number of carbonyl (C=O) groups is 1. The summed E-state index contributed by atoms with van der Waals surface area (Å²) in [5.41, 5.74) is 1.81. The van der Waals surface area contributed by atoms with E-state index < -0.39 is 6.10 Å². The number of aliphatic hydroxyl groups is 1. The largest absolute Gasteiger partial charge is 0.393 e. The first-order valence-corrected chi connectivity index (χ1v) is 9.11. The van der Waals surface area contributed by atoms with Gasteiger partial charge in [0, 0.05) is 37.3 Å². The smallest absolute Gasteiger partial charge is 0.253 e. The molecule has 2 aromatic rings. The van der Waals surface area contributed by atoms with E-state index in [1.54, 1.807) is 6.33 Å². The van der Waals surface area contributed by atoms with Gasteiger partial charge in [-0.15, -0.1) is 10.2 Å². The molecule has 0 aromatic carbocycles. The molecule has 2 aliphatic rings. The second kappa shape index (κ2) is 6.63. The Kier molecular flexibility index (Phi) is 4.33. The summed E-state index contributed by atoms with van der Waals surface area (Å²) < 4.78 is 1.91. The molecule has 7 heteroatoms. The van der Waals surface area contributed by atoms with Crippen molar-refractivity contribution < 1.29 is 9.90 Å². The number of hydrogen-bond acceptors (Lipinski definition) is 4. The van der Waals surface area contributed by atoms with Gasteiger partial charge < -0.3 is 20.0 Å². The number of aromatic amines is 1. The van der Waals surface area contributed by atoms with Crippen LogP contribution < -0.4 is 5.32 Å². The molecular weight excluding hydrogens is 318 g/mol. The average Bonchev–Trinajstić information content (AvgIpc) is 3.24. The van der Waals surface area contributed by atoms with E-state index in [0.717, 1.165) is 36.3 Å². The van der Waals surface area contributed by atoms with Crippen LogP contribution in [0.4, 0.5) is 0 Å². The number of hydrogen-bond donors (Lipinski definition) is 3. The number of nitrogens with one attached hydrogen (secondary N) is 2. The third-order valence-corrected chi connectivity index (χ3v) is 5.83. The van der Waals surface area contributed by atoms with Gasteiger partial charge in [-0.25, -0.2) is 0 Å². The second-order valence-corrected chi connectivity index (χ2v) is 7.44. The number of aromatic nitrogens is 4. The summed E-state index contributed by atoms with van der Waals surface area (Å²) in [5, 5.41) is 21.5. The predicted molar refractivity (Wildman–Crippen MR) is 92.2 cm³/mol. The van der Waals surface area contributed by atoms with Crippen LogP contribution in [0.2, 0.25) is 0 Å². The van der Waals surface area contributed by atoms with Crippen molar-refractivity contribution in [3.63, 3.8) is 0 Å². The number of aliphatic hydroxyl groups excluding tert-OH is 1. The number of rotatable bonds is 5. The maximum Gasteiger partial charge on any atom is 0.253 e. The third-order valence-electron chi connectivity index (χ3n) is 5.83. The number of carbonyl (C=O) groups excluding carboxylic acids is 1. The molecular formula is C18H25N5O2. The quantitative estimate of drug-likeness (QED) is 0.770. The van der Waals surface area contributed by atoms with E-state index in [2.05, 4.69) is 20.5 Å². The molecule has 0 aliphatic heterocycles. The zero-order valence-electron chi connectivity index (χ0n) is 14.5. The van der Waals surface area contributed by atoms with Crippen molar-refractivity contribution in [1.29, 1.82) is 0 Å². The molecule has 0 unspecified atom stereocenters. The molecule has 0 saturated heterocycles. The van der Waals surface area contributed by atoms with E-state index in [9.17, 15) is 9.90 Å². The highest BCUT2D eigenvalue weighted by Crippen LogP contribution is 2.38. The van der Waals surface area contributed by atoms with Crippen LogP contribution in [0, 0.1) is 5.92 Å². The second-order valence-electron chi connectivity index (χ2n) is 7.44. The van der Waals surface area contributed by atoms with Gasteiger partial charge in [0.15, 0.2) is 0 Å². The van der Waals surface area contributed by atoms with E-state index in [4.69, 9.17) is 0 Å². The highest BCUT2D eigenvalue weighted by Gasteiger charge is 2.36. The monoisotopic (exact) mass is 343 g/mol. The zero-order valence-corrected chi connectivity index (χ0v) is 14.5. The number of aryl methyl sites for hydroxylation is 1. The first kappa shape index (κ1) is 16.3. The molecule has 3 atom stereocenters. The molecule has 0 bridgehead atoms. The van der Waals surface area contributed by atoms with E-state index in [-0.39, 0.29) is 17.7 Å². The first-order valence-electron chi connectivity index (χ1n) is 9.11. The fourth-order valence-electron chi connectivity index (χ4n) is 4.13. The van der Waals surface area contributed by atoms with Gasteiger partial charge in [-0.2, -0.15) is 0 Å². The van der Waals surface area contributed by atoms with Crippen LogP contribution in [0.25, 0.3) is 0 Å². The Labute approximate surface area is 146 Å². The molecule has 1 amide bonds. The molecule has 25 heavy (non-hydrogen) atoms. The van der Waals surface area contributed by atoms with Crippen LogP contribution in [0.3, 0.4) is 0 Å². The van der Waals surface area contributed by atoms with Gasteiger partial charge in [-0.1, -0.05) is 6.42 Å². The third kappa shape index (κ3) is 3.08. The minimum atomic E-state index is -0.417. The molecule has 2 heterocycles. The molecule has 134 valence electrons. The summed E-state index contributed by atoms with van der Waals surface area (Å²) in [7, 11) is 1.92. The summed E-state index contributed by atoms with van der Waals surface area (Å²) in [6, 6.07) is 1.86. The summed E-state index contributed by atoms with van der Waals surface area (Å²) in [5.74, 6) is 1.61. The summed E-state index contributed by atoms with van der Waals surface area (Å²) in [6.45, 7) is 0.490. The molecule has 7 nitrogen and oxygen atoms in total. The Bertz CT molecular complexity index is 748. The first-order chi connectivity index (χ1) is 12.1. The standard InChI is InChI=1S/C18H25N5O2/c1-23-10-21-22-17(23)12-7-13(15(24)8-12)9-20-18(25)14-5-6-19-16(14)11-3-2-4-11/h5-6,10-13,15,19,24H,2-4,7-9H2,1H3,(H,20,25)/t12-,13+,15+/m0/s1. The van der Waals surface area contributed by atoms with Crippen molar-refractivity contribution in [2.45, 2.75) is 50.0 Å². The van der Waals surface area contributed by atoms with Gasteiger partial charge >= 0.3 is 0 Å². The number of amides is 1. The normalized spacial score (nSPS) is 26.6.